The van der Waals surface area contributed by atoms with Crippen LogP contribution in [-0.4, -0.2) is 48.7 Å². The van der Waals surface area contributed by atoms with E-state index in [2.05, 4.69) is 10.2 Å². The van der Waals surface area contributed by atoms with E-state index in [9.17, 15) is 9.90 Å². The zero-order valence-corrected chi connectivity index (χ0v) is 9.06. The molecule has 2 heterocycles. The zero-order valence-electron chi connectivity index (χ0n) is 9.06. The Balaban J connectivity index is 2.00. The number of carboxylic acids is 1. The third kappa shape index (κ3) is 2.62. The van der Waals surface area contributed by atoms with Gasteiger partial charge < -0.3 is 14.8 Å². The number of rotatable bonds is 4. The number of carboxylic acid groups (broad SMARTS) is 1. The van der Waals surface area contributed by atoms with Crippen LogP contribution in [0.2, 0.25) is 0 Å². The van der Waals surface area contributed by atoms with E-state index in [1.54, 1.807) is 12.1 Å². The number of aliphatic carboxylic acids is 1. The van der Waals surface area contributed by atoms with Gasteiger partial charge >= 0.3 is 5.97 Å². The van der Waals surface area contributed by atoms with E-state index in [1.165, 1.54) is 6.26 Å². The highest BCUT2D eigenvalue weighted by Crippen LogP contribution is 2.18. The summed E-state index contributed by atoms with van der Waals surface area (Å²) in [6, 6.07) is 3.45. The summed E-state index contributed by atoms with van der Waals surface area (Å²) in [6.45, 7) is 4.15. The quantitative estimate of drug-likeness (QED) is 0.772. The van der Waals surface area contributed by atoms with Crippen molar-refractivity contribution in [2.45, 2.75) is 5.92 Å². The molecule has 16 heavy (non-hydrogen) atoms. The van der Waals surface area contributed by atoms with Gasteiger partial charge in [0.05, 0.1) is 6.26 Å². The van der Waals surface area contributed by atoms with Gasteiger partial charge in [0.15, 0.2) is 0 Å². The molecule has 0 radical (unpaired) electrons. The Morgan fingerprint density at radius 2 is 2.31 bits per heavy atom. The minimum atomic E-state index is -0.825. The average molecular weight is 224 g/mol. The second-order valence-corrected chi connectivity index (χ2v) is 3.96. The van der Waals surface area contributed by atoms with Crippen molar-refractivity contribution in [3.63, 3.8) is 0 Å². The predicted molar refractivity (Wildman–Crippen MR) is 58.4 cm³/mol. The fourth-order valence-electron chi connectivity index (χ4n) is 1.93. The summed E-state index contributed by atoms with van der Waals surface area (Å²) < 4.78 is 5.18. The van der Waals surface area contributed by atoms with Crippen LogP contribution in [0, 0.1) is 0 Å². The largest absolute Gasteiger partial charge is 0.481 e. The zero-order chi connectivity index (χ0) is 11.4. The van der Waals surface area contributed by atoms with Gasteiger partial charge in [-0.05, 0) is 12.1 Å². The molecule has 5 heteroatoms. The maximum absolute atomic E-state index is 11.2. The van der Waals surface area contributed by atoms with Crippen LogP contribution in [0.5, 0.6) is 0 Å². The molecule has 0 aliphatic carbocycles. The van der Waals surface area contributed by atoms with Gasteiger partial charge in [0, 0.05) is 32.7 Å². The Morgan fingerprint density at radius 1 is 1.56 bits per heavy atom. The van der Waals surface area contributed by atoms with Crippen molar-refractivity contribution in [2.24, 2.45) is 0 Å². The van der Waals surface area contributed by atoms with Crippen molar-refractivity contribution in [2.75, 3.05) is 32.7 Å². The Labute approximate surface area is 94.0 Å². The molecule has 1 fully saturated rings. The van der Waals surface area contributed by atoms with E-state index in [0.717, 1.165) is 26.2 Å². The normalized spacial score (nSPS) is 19.5. The molecule has 1 saturated heterocycles. The van der Waals surface area contributed by atoms with Gasteiger partial charge in [-0.2, -0.15) is 0 Å². The number of piperazine rings is 1. The number of carbonyl (C=O) groups is 1. The van der Waals surface area contributed by atoms with Crippen molar-refractivity contribution in [3.8, 4) is 0 Å². The van der Waals surface area contributed by atoms with Crippen molar-refractivity contribution < 1.29 is 14.3 Å². The summed E-state index contributed by atoms with van der Waals surface area (Å²) in [6.07, 6.45) is 1.52. The van der Waals surface area contributed by atoms with Gasteiger partial charge in [-0.25, -0.2) is 0 Å². The Kier molecular flexibility index (Phi) is 3.58. The molecule has 0 bridgehead atoms. The van der Waals surface area contributed by atoms with E-state index in [-0.39, 0.29) is 0 Å². The highest BCUT2D eigenvalue weighted by molar-refractivity contribution is 5.75. The number of nitrogens with one attached hydrogen (secondary N) is 1. The third-order valence-electron chi connectivity index (χ3n) is 2.84. The smallest absolute Gasteiger partial charge is 0.315 e. The summed E-state index contributed by atoms with van der Waals surface area (Å²) >= 11 is 0. The minimum absolute atomic E-state index is 0.518. The van der Waals surface area contributed by atoms with E-state index in [4.69, 9.17) is 4.42 Å². The molecule has 1 aliphatic heterocycles. The van der Waals surface area contributed by atoms with Crippen LogP contribution < -0.4 is 5.32 Å². The topological polar surface area (TPSA) is 65.7 Å². The first-order valence-corrected chi connectivity index (χ1v) is 5.46. The number of hydrogen-bond acceptors (Lipinski definition) is 4. The van der Waals surface area contributed by atoms with Crippen LogP contribution >= 0.6 is 0 Å². The molecule has 5 nitrogen and oxygen atoms in total. The fourth-order valence-corrected chi connectivity index (χ4v) is 1.93. The fraction of sp³-hybridized carbons (Fsp3) is 0.545. The Bertz CT molecular complexity index is 331. The molecule has 88 valence electrons. The van der Waals surface area contributed by atoms with E-state index < -0.39 is 11.9 Å². The highest BCUT2D eigenvalue weighted by Gasteiger charge is 2.25. The number of hydrogen-bond donors (Lipinski definition) is 2. The van der Waals surface area contributed by atoms with Crippen LogP contribution in [0.25, 0.3) is 0 Å². The van der Waals surface area contributed by atoms with Gasteiger partial charge in [0.25, 0.3) is 0 Å². The highest BCUT2D eigenvalue weighted by atomic mass is 16.4. The van der Waals surface area contributed by atoms with Crippen molar-refractivity contribution >= 4 is 5.97 Å². The maximum atomic E-state index is 11.2. The van der Waals surface area contributed by atoms with Gasteiger partial charge in [0.2, 0.25) is 0 Å². The van der Waals surface area contributed by atoms with Crippen LogP contribution in [0.15, 0.2) is 22.8 Å². The predicted octanol–water partition coefficient (Wildman–Crippen LogP) is 0.353. The molecule has 1 aromatic heterocycles. The summed E-state index contributed by atoms with van der Waals surface area (Å²) in [7, 11) is 0. The van der Waals surface area contributed by atoms with Gasteiger partial charge in [-0.1, -0.05) is 0 Å². The molecule has 2 rings (SSSR count). The molecular weight excluding hydrogens is 208 g/mol. The first kappa shape index (κ1) is 11.2. The molecule has 1 aliphatic rings. The SMILES string of the molecule is O=C(O)C(CN1CCNCC1)c1ccco1. The van der Waals surface area contributed by atoms with Gasteiger partial charge in [-0.3, -0.25) is 9.69 Å². The summed E-state index contributed by atoms with van der Waals surface area (Å²) in [5.41, 5.74) is 0. The lowest BCUT2D eigenvalue weighted by atomic mass is 10.1. The molecule has 1 unspecified atom stereocenters. The maximum Gasteiger partial charge on any atom is 0.315 e. The molecule has 2 N–H and O–H groups in total. The molecular formula is C11H16N2O3. The second-order valence-electron chi connectivity index (χ2n) is 3.96. The Morgan fingerprint density at radius 3 is 2.88 bits per heavy atom. The first-order chi connectivity index (χ1) is 7.77. The van der Waals surface area contributed by atoms with Crippen molar-refractivity contribution in [1.29, 1.82) is 0 Å². The molecule has 0 aromatic carbocycles. The first-order valence-electron chi connectivity index (χ1n) is 5.46. The van der Waals surface area contributed by atoms with Crippen molar-refractivity contribution in [3.05, 3.63) is 24.2 Å². The third-order valence-corrected chi connectivity index (χ3v) is 2.84. The van der Waals surface area contributed by atoms with E-state index in [1.807, 2.05) is 0 Å². The van der Waals surface area contributed by atoms with Crippen molar-refractivity contribution in [1.82, 2.24) is 10.2 Å². The summed E-state index contributed by atoms with van der Waals surface area (Å²) in [4.78, 5) is 13.3. The monoisotopic (exact) mass is 224 g/mol. The van der Waals surface area contributed by atoms with Crippen LogP contribution in [-0.2, 0) is 4.79 Å². The standard InChI is InChI=1S/C11H16N2O3/c14-11(15)9(10-2-1-7-16-10)8-13-5-3-12-4-6-13/h1-2,7,9,12H,3-6,8H2,(H,14,15). The summed E-state index contributed by atoms with van der Waals surface area (Å²) in [5.74, 6) is -0.854. The lowest BCUT2D eigenvalue weighted by molar-refractivity contribution is -0.139. The van der Waals surface area contributed by atoms with Gasteiger partial charge in [-0.15, -0.1) is 0 Å². The summed E-state index contributed by atoms with van der Waals surface area (Å²) in [5, 5.41) is 12.4. The lowest BCUT2D eigenvalue weighted by Gasteiger charge is -2.28. The molecule has 1 atom stereocenters. The number of nitrogens with zero attached hydrogens (tertiary/aromatic N) is 1. The lowest BCUT2D eigenvalue weighted by Crippen LogP contribution is -2.45. The van der Waals surface area contributed by atoms with Crippen LogP contribution in [0.1, 0.15) is 11.7 Å². The molecule has 0 spiro atoms. The molecule has 1 aromatic rings. The van der Waals surface area contributed by atoms with Crippen LogP contribution in [0.4, 0.5) is 0 Å². The van der Waals surface area contributed by atoms with E-state index >= 15 is 0 Å². The van der Waals surface area contributed by atoms with Gasteiger partial charge in [0.1, 0.15) is 11.7 Å². The Hall–Kier alpha value is -1.33. The minimum Gasteiger partial charge on any atom is -0.481 e. The van der Waals surface area contributed by atoms with Crippen LogP contribution in [0.3, 0.4) is 0 Å². The second kappa shape index (κ2) is 5.14. The molecule has 0 amide bonds. The average Bonchev–Trinajstić information content (AvgIpc) is 2.80. The number of furan rings is 1. The molecule has 0 saturated carbocycles. The van der Waals surface area contributed by atoms with E-state index in [0.29, 0.717) is 12.3 Å².